The van der Waals surface area contributed by atoms with E-state index in [1.165, 1.54) is 6.21 Å². The number of hydrogen-bond acceptors (Lipinski definition) is 3. The Labute approximate surface area is 111 Å². The van der Waals surface area contributed by atoms with Crippen molar-refractivity contribution in [3.05, 3.63) is 59.9 Å². The van der Waals surface area contributed by atoms with E-state index in [4.69, 9.17) is 0 Å². The number of hydrogen-bond donors (Lipinski definition) is 0. The monoisotopic (exact) mass is 251 g/mol. The molecule has 0 spiro atoms. The molecule has 4 nitrogen and oxygen atoms in total. The minimum atomic E-state index is -0.101. The minimum Gasteiger partial charge on any atom is -0.301 e. The lowest BCUT2D eigenvalue weighted by atomic mass is 10.1. The highest BCUT2D eigenvalue weighted by molar-refractivity contribution is 6.33. The van der Waals surface area contributed by atoms with Gasteiger partial charge in [0.25, 0.3) is 5.91 Å². The second kappa shape index (κ2) is 5.02. The minimum absolute atomic E-state index is 0.101. The van der Waals surface area contributed by atoms with Gasteiger partial charge >= 0.3 is 0 Å². The molecule has 3 rings (SSSR count). The summed E-state index contributed by atoms with van der Waals surface area (Å²) in [4.78, 5) is 22.3. The molecule has 2 heterocycles. The molecular formula is C15H13N3O. The van der Waals surface area contributed by atoms with Gasteiger partial charge in [0.2, 0.25) is 0 Å². The van der Waals surface area contributed by atoms with Crippen LogP contribution < -0.4 is 4.90 Å². The van der Waals surface area contributed by atoms with Gasteiger partial charge in [-0.25, -0.2) is 0 Å². The van der Waals surface area contributed by atoms with Gasteiger partial charge < -0.3 is 4.90 Å². The van der Waals surface area contributed by atoms with Gasteiger partial charge in [0.1, 0.15) is 0 Å². The summed E-state index contributed by atoms with van der Waals surface area (Å²) in [6.45, 7) is 1.00. The maximum absolute atomic E-state index is 12.1. The summed E-state index contributed by atoms with van der Waals surface area (Å²) in [6, 6.07) is 13.5. The van der Waals surface area contributed by atoms with E-state index in [-0.39, 0.29) is 5.91 Å². The molecule has 0 aliphatic carbocycles. The van der Waals surface area contributed by atoms with Gasteiger partial charge in [-0.2, -0.15) is 0 Å². The molecule has 19 heavy (non-hydrogen) atoms. The number of carbonyl (C=O) groups is 1. The number of carbonyl (C=O) groups excluding carboxylic acids is 1. The van der Waals surface area contributed by atoms with E-state index in [9.17, 15) is 4.79 Å². The molecule has 0 atom stereocenters. The van der Waals surface area contributed by atoms with Gasteiger partial charge in [-0.3, -0.25) is 14.8 Å². The molecule has 0 unspecified atom stereocenters. The van der Waals surface area contributed by atoms with Crippen LogP contribution in [-0.4, -0.2) is 17.1 Å². The van der Waals surface area contributed by atoms with Crippen LogP contribution >= 0.6 is 0 Å². The highest BCUT2D eigenvalue weighted by Gasteiger charge is 2.19. The summed E-state index contributed by atoms with van der Waals surface area (Å²) in [5.41, 5.74) is 2.83. The molecule has 1 aromatic heterocycles. The SMILES string of the molecule is O=C1C=NCc2ccccc2N1Cc1ccccn1. The highest BCUT2D eigenvalue weighted by atomic mass is 16.2. The average molecular weight is 251 g/mol. The van der Waals surface area contributed by atoms with Gasteiger partial charge in [-0.15, -0.1) is 0 Å². The molecule has 0 saturated heterocycles. The third-order valence-corrected chi connectivity index (χ3v) is 3.06. The van der Waals surface area contributed by atoms with Gasteiger partial charge in [-0.1, -0.05) is 24.3 Å². The number of pyridine rings is 1. The predicted molar refractivity (Wildman–Crippen MR) is 74.1 cm³/mol. The van der Waals surface area contributed by atoms with Crippen molar-refractivity contribution < 1.29 is 4.79 Å². The van der Waals surface area contributed by atoms with E-state index in [2.05, 4.69) is 9.98 Å². The van der Waals surface area contributed by atoms with E-state index < -0.39 is 0 Å². The second-order valence-corrected chi connectivity index (χ2v) is 4.34. The fourth-order valence-corrected chi connectivity index (χ4v) is 2.14. The molecule has 1 amide bonds. The normalized spacial score (nSPS) is 14.1. The second-order valence-electron chi connectivity index (χ2n) is 4.34. The van der Waals surface area contributed by atoms with Gasteiger partial charge in [0.15, 0.2) is 0 Å². The Hall–Kier alpha value is -2.49. The van der Waals surface area contributed by atoms with E-state index in [1.807, 2.05) is 42.5 Å². The molecule has 1 aliphatic rings. The quantitative estimate of drug-likeness (QED) is 0.821. The van der Waals surface area contributed by atoms with Crippen molar-refractivity contribution in [2.45, 2.75) is 13.1 Å². The van der Waals surface area contributed by atoms with Crippen molar-refractivity contribution in [1.29, 1.82) is 0 Å². The third kappa shape index (κ3) is 2.38. The first-order chi connectivity index (χ1) is 9.34. The molecular weight excluding hydrogens is 238 g/mol. The Morgan fingerprint density at radius 2 is 1.95 bits per heavy atom. The smallest absolute Gasteiger partial charge is 0.269 e. The summed E-state index contributed by atoms with van der Waals surface area (Å²) in [5.74, 6) is -0.101. The van der Waals surface area contributed by atoms with Gasteiger partial charge in [0, 0.05) is 11.9 Å². The predicted octanol–water partition coefficient (Wildman–Crippen LogP) is 2.20. The molecule has 2 aromatic rings. The summed E-state index contributed by atoms with van der Waals surface area (Å²) in [7, 11) is 0. The lowest BCUT2D eigenvalue weighted by Gasteiger charge is -2.21. The van der Waals surface area contributed by atoms with Crippen molar-refractivity contribution in [3.8, 4) is 0 Å². The highest BCUT2D eigenvalue weighted by Crippen LogP contribution is 2.24. The molecule has 0 fully saturated rings. The van der Waals surface area contributed by atoms with Crippen LogP contribution in [0.25, 0.3) is 0 Å². The molecule has 1 aliphatic heterocycles. The van der Waals surface area contributed by atoms with Gasteiger partial charge in [-0.05, 0) is 23.8 Å². The molecule has 0 saturated carbocycles. The molecule has 1 aromatic carbocycles. The Morgan fingerprint density at radius 3 is 2.79 bits per heavy atom. The van der Waals surface area contributed by atoms with Crippen LogP contribution in [0.2, 0.25) is 0 Å². The number of benzene rings is 1. The number of aliphatic imine (C=N–C) groups is 1. The van der Waals surface area contributed by atoms with Crippen LogP contribution in [0, 0.1) is 0 Å². The van der Waals surface area contributed by atoms with E-state index in [1.54, 1.807) is 11.1 Å². The van der Waals surface area contributed by atoms with Crippen LogP contribution in [0.15, 0.2) is 53.7 Å². The van der Waals surface area contributed by atoms with Crippen LogP contribution in [0.1, 0.15) is 11.3 Å². The van der Waals surface area contributed by atoms with Crippen LogP contribution in [0.5, 0.6) is 0 Å². The Morgan fingerprint density at radius 1 is 1.11 bits per heavy atom. The van der Waals surface area contributed by atoms with Gasteiger partial charge in [0.05, 0.1) is 25.0 Å². The van der Waals surface area contributed by atoms with Crippen LogP contribution in [0.3, 0.4) is 0 Å². The van der Waals surface area contributed by atoms with Crippen molar-refractivity contribution in [1.82, 2.24) is 4.98 Å². The zero-order valence-corrected chi connectivity index (χ0v) is 10.4. The largest absolute Gasteiger partial charge is 0.301 e. The first-order valence-corrected chi connectivity index (χ1v) is 6.14. The molecule has 4 heteroatoms. The lowest BCUT2D eigenvalue weighted by Crippen LogP contribution is -2.31. The Balaban J connectivity index is 1.99. The van der Waals surface area contributed by atoms with Crippen molar-refractivity contribution in [2.75, 3.05) is 4.90 Å². The summed E-state index contributed by atoms with van der Waals surface area (Å²) in [5, 5.41) is 0. The summed E-state index contributed by atoms with van der Waals surface area (Å²) in [6.07, 6.45) is 3.13. The number of nitrogens with zero attached hydrogens (tertiary/aromatic N) is 3. The van der Waals surface area contributed by atoms with E-state index in [0.717, 1.165) is 16.9 Å². The Bertz CT molecular complexity index is 622. The zero-order valence-electron chi connectivity index (χ0n) is 10.4. The van der Waals surface area contributed by atoms with Crippen molar-refractivity contribution in [2.24, 2.45) is 4.99 Å². The third-order valence-electron chi connectivity index (χ3n) is 3.06. The topological polar surface area (TPSA) is 45.6 Å². The number of para-hydroxylation sites is 1. The number of aromatic nitrogens is 1. The summed E-state index contributed by atoms with van der Waals surface area (Å²) < 4.78 is 0. The zero-order chi connectivity index (χ0) is 13.1. The van der Waals surface area contributed by atoms with E-state index in [0.29, 0.717) is 13.1 Å². The number of amides is 1. The van der Waals surface area contributed by atoms with Crippen molar-refractivity contribution >= 4 is 17.8 Å². The lowest BCUT2D eigenvalue weighted by molar-refractivity contribution is -0.112. The maximum atomic E-state index is 12.1. The fraction of sp³-hybridized carbons (Fsp3) is 0.133. The Kier molecular flexibility index (Phi) is 3.06. The maximum Gasteiger partial charge on any atom is 0.269 e. The van der Waals surface area contributed by atoms with Crippen molar-refractivity contribution in [3.63, 3.8) is 0 Å². The average Bonchev–Trinajstić information content (AvgIpc) is 2.61. The number of fused-ring (bicyclic) bond motifs is 1. The van der Waals surface area contributed by atoms with Crippen LogP contribution in [-0.2, 0) is 17.9 Å². The van der Waals surface area contributed by atoms with E-state index >= 15 is 0 Å². The fourth-order valence-electron chi connectivity index (χ4n) is 2.14. The summed E-state index contributed by atoms with van der Waals surface area (Å²) >= 11 is 0. The number of anilines is 1. The first kappa shape index (κ1) is 11.6. The molecule has 0 N–H and O–H groups in total. The molecule has 0 radical (unpaired) electrons. The van der Waals surface area contributed by atoms with Crippen LogP contribution in [0.4, 0.5) is 5.69 Å². The molecule has 0 bridgehead atoms. The number of rotatable bonds is 2. The first-order valence-electron chi connectivity index (χ1n) is 6.14. The standard InChI is InChI=1S/C15H13N3O/c19-15-10-16-9-12-5-1-2-7-14(12)18(15)11-13-6-3-4-8-17-13/h1-8,10H,9,11H2. The molecule has 94 valence electrons.